The second-order valence-electron chi connectivity index (χ2n) is 8.16. The van der Waals surface area contributed by atoms with E-state index in [0.717, 1.165) is 11.1 Å². The minimum Gasteiger partial charge on any atom is -0.352 e. The monoisotopic (exact) mass is 426 g/mol. The third kappa shape index (κ3) is 4.52. The van der Waals surface area contributed by atoms with Crippen LogP contribution in [0.4, 0.5) is 18.0 Å². The first-order chi connectivity index (χ1) is 13.9. The van der Waals surface area contributed by atoms with E-state index in [1.807, 2.05) is 13.0 Å². The van der Waals surface area contributed by atoms with E-state index in [0.29, 0.717) is 18.4 Å². The van der Waals surface area contributed by atoms with Crippen molar-refractivity contribution < 1.29 is 27.6 Å². The summed E-state index contributed by atoms with van der Waals surface area (Å²) in [5, 5.41) is 4.73. The van der Waals surface area contributed by atoms with Gasteiger partial charge in [-0.1, -0.05) is 17.7 Å². The Bertz CT molecular complexity index is 867. The van der Waals surface area contributed by atoms with Crippen LogP contribution in [0.3, 0.4) is 0 Å². The lowest BCUT2D eigenvalue weighted by atomic mass is 9.89. The summed E-state index contributed by atoms with van der Waals surface area (Å²) >= 11 is 0. The second kappa shape index (κ2) is 7.81. The number of aryl methyl sites for hydroxylation is 2. The number of benzene rings is 1. The predicted octanol–water partition coefficient (Wildman–Crippen LogP) is 2.01. The number of nitrogens with one attached hydrogen (secondary N) is 2. The molecule has 2 aliphatic rings. The number of likely N-dealkylation sites (tertiary alicyclic amines) is 1. The Morgan fingerprint density at radius 1 is 1.20 bits per heavy atom. The maximum absolute atomic E-state index is 13.6. The highest BCUT2D eigenvalue weighted by atomic mass is 19.4. The van der Waals surface area contributed by atoms with Crippen molar-refractivity contribution in [3.8, 4) is 0 Å². The van der Waals surface area contributed by atoms with Crippen LogP contribution in [0.1, 0.15) is 40.7 Å². The lowest BCUT2D eigenvalue weighted by molar-refractivity contribution is -0.191. The first-order valence-electron chi connectivity index (χ1n) is 9.75. The van der Waals surface area contributed by atoms with Crippen molar-refractivity contribution in [3.05, 3.63) is 34.9 Å². The molecule has 164 valence electrons. The molecule has 0 bridgehead atoms. The fraction of sp³-hybridized carbons (Fsp3) is 0.550. The first kappa shape index (κ1) is 21.9. The SMILES string of the molecule is Cc1ccc(C)c(C(=O)N2CCC(C(F)(F)F)C(NC(=O)C3(NC(N)=O)CC3)C2)c1. The summed E-state index contributed by atoms with van der Waals surface area (Å²) in [4.78, 5) is 38.0. The second-order valence-corrected chi connectivity index (χ2v) is 8.16. The van der Waals surface area contributed by atoms with Crippen molar-refractivity contribution in [1.82, 2.24) is 15.5 Å². The van der Waals surface area contributed by atoms with E-state index >= 15 is 0 Å². The fourth-order valence-corrected chi connectivity index (χ4v) is 3.89. The van der Waals surface area contributed by atoms with E-state index in [4.69, 9.17) is 5.73 Å². The molecule has 2 fully saturated rings. The van der Waals surface area contributed by atoms with Gasteiger partial charge in [0.15, 0.2) is 0 Å². The number of rotatable bonds is 4. The van der Waals surface area contributed by atoms with Crippen LogP contribution in [0.25, 0.3) is 0 Å². The van der Waals surface area contributed by atoms with Gasteiger partial charge in [-0.2, -0.15) is 13.2 Å². The van der Waals surface area contributed by atoms with E-state index in [9.17, 15) is 27.6 Å². The van der Waals surface area contributed by atoms with Gasteiger partial charge < -0.3 is 21.3 Å². The van der Waals surface area contributed by atoms with E-state index in [2.05, 4.69) is 10.6 Å². The van der Waals surface area contributed by atoms with E-state index in [1.165, 1.54) is 4.90 Å². The molecule has 1 aliphatic carbocycles. The molecule has 1 saturated carbocycles. The number of hydrogen-bond donors (Lipinski definition) is 3. The molecule has 1 saturated heterocycles. The Labute approximate surface area is 172 Å². The Morgan fingerprint density at radius 3 is 2.43 bits per heavy atom. The molecule has 1 aromatic carbocycles. The number of urea groups is 1. The van der Waals surface area contributed by atoms with Gasteiger partial charge in [0.2, 0.25) is 5.91 Å². The van der Waals surface area contributed by atoms with Gasteiger partial charge in [-0.3, -0.25) is 9.59 Å². The van der Waals surface area contributed by atoms with E-state index in [1.54, 1.807) is 19.1 Å². The molecule has 2 unspecified atom stereocenters. The minimum absolute atomic E-state index is 0.0621. The Morgan fingerprint density at radius 2 is 1.87 bits per heavy atom. The molecule has 3 rings (SSSR count). The number of nitrogens with zero attached hydrogens (tertiary/aromatic N) is 1. The van der Waals surface area contributed by atoms with Gasteiger partial charge in [0.1, 0.15) is 5.54 Å². The molecule has 1 aromatic rings. The van der Waals surface area contributed by atoms with Crippen LogP contribution in [0.5, 0.6) is 0 Å². The van der Waals surface area contributed by atoms with Crippen LogP contribution >= 0.6 is 0 Å². The number of alkyl halides is 3. The van der Waals surface area contributed by atoms with Crippen LogP contribution in [0.15, 0.2) is 18.2 Å². The molecular formula is C20H25F3N4O3. The number of hydrogen-bond acceptors (Lipinski definition) is 3. The smallest absolute Gasteiger partial charge is 0.352 e. The lowest BCUT2D eigenvalue weighted by Crippen LogP contribution is -2.61. The number of nitrogens with two attached hydrogens (primary N) is 1. The van der Waals surface area contributed by atoms with Gasteiger partial charge in [-0.25, -0.2) is 4.79 Å². The standard InChI is InChI=1S/C20H25F3N4O3/c1-11-3-4-12(2)13(9-11)16(28)27-8-5-14(20(21,22)23)15(10-27)25-17(29)19(6-7-19)26-18(24)30/h3-4,9,14-15H,5-8,10H2,1-2H3,(H,25,29)(H3,24,26,30). The topological polar surface area (TPSA) is 105 Å². The Balaban J connectivity index is 1.79. The zero-order valence-corrected chi connectivity index (χ0v) is 16.8. The van der Waals surface area contributed by atoms with Crippen molar-refractivity contribution in [3.63, 3.8) is 0 Å². The molecule has 7 nitrogen and oxygen atoms in total. The normalized spacial score (nSPS) is 22.9. The summed E-state index contributed by atoms with van der Waals surface area (Å²) in [5.41, 5.74) is 5.84. The number of halogens is 3. The van der Waals surface area contributed by atoms with Gasteiger partial charge in [0.25, 0.3) is 5.91 Å². The van der Waals surface area contributed by atoms with Crippen LogP contribution in [-0.4, -0.2) is 53.6 Å². The van der Waals surface area contributed by atoms with Crippen LogP contribution < -0.4 is 16.4 Å². The van der Waals surface area contributed by atoms with Gasteiger partial charge in [-0.15, -0.1) is 0 Å². The highest BCUT2D eigenvalue weighted by molar-refractivity contribution is 5.96. The maximum Gasteiger partial charge on any atom is 0.393 e. The van der Waals surface area contributed by atoms with Crippen molar-refractivity contribution in [1.29, 1.82) is 0 Å². The summed E-state index contributed by atoms with van der Waals surface area (Å²) in [7, 11) is 0. The molecule has 2 atom stereocenters. The van der Waals surface area contributed by atoms with Crippen molar-refractivity contribution >= 4 is 17.8 Å². The van der Waals surface area contributed by atoms with Crippen LogP contribution in [-0.2, 0) is 4.79 Å². The predicted molar refractivity (Wildman–Crippen MR) is 103 cm³/mol. The van der Waals surface area contributed by atoms with Gasteiger partial charge in [0.05, 0.1) is 12.0 Å². The molecule has 10 heteroatoms. The van der Waals surface area contributed by atoms with Gasteiger partial charge in [0, 0.05) is 18.7 Å². The lowest BCUT2D eigenvalue weighted by Gasteiger charge is -2.40. The molecule has 1 aliphatic heterocycles. The highest BCUT2D eigenvalue weighted by Gasteiger charge is 2.54. The molecule has 4 N–H and O–H groups in total. The quantitative estimate of drug-likeness (QED) is 0.686. The zero-order valence-electron chi connectivity index (χ0n) is 16.8. The third-order valence-corrected chi connectivity index (χ3v) is 5.81. The Hall–Kier alpha value is -2.78. The maximum atomic E-state index is 13.6. The van der Waals surface area contributed by atoms with E-state index < -0.39 is 35.6 Å². The summed E-state index contributed by atoms with van der Waals surface area (Å²) in [5.74, 6) is -2.86. The molecular weight excluding hydrogens is 401 g/mol. The number of carbonyl (C=O) groups is 3. The zero-order chi connectivity index (χ0) is 22.3. The largest absolute Gasteiger partial charge is 0.393 e. The molecule has 30 heavy (non-hydrogen) atoms. The molecule has 1 heterocycles. The van der Waals surface area contributed by atoms with Crippen molar-refractivity contribution in [2.45, 2.75) is 50.9 Å². The highest BCUT2D eigenvalue weighted by Crippen LogP contribution is 2.38. The summed E-state index contributed by atoms with van der Waals surface area (Å²) < 4.78 is 40.8. The van der Waals surface area contributed by atoms with Crippen LogP contribution in [0.2, 0.25) is 0 Å². The van der Waals surface area contributed by atoms with Crippen molar-refractivity contribution in [2.75, 3.05) is 13.1 Å². The summed E-state index contributed by atoms with van der Waals surface area (Å²) in [6.45, 7) is 3.26. The van der Waals surface area contributed by atoms with Crippen LogP contribution in [0, 0.1) is 19.8 Å². The number of primary amides is 1. The molecule has 4 amide bonds. The summed E-state index contributed by atoms with van der Waals surface area (Å²) in [6, 6.07) is 3.12. The van der Waals surface area contributed by atoms with E-state index in [-0.39, 0.29) is 25.4 Å². The fourth-order valence-electron chi connectivity index (χ4n) is 3.89. The average molecular weight is 426 g/mol. The number of carbonyl (C=O) groups excluding carboxylic acids is 3. The molecule has 0 radical (unpaired) electrons. The Kier molecular flexibility index (Phi) is 5.70. The van der Waals surface area contributed by atoms with Gasteiger partial charge in [-0.05, 0) is 44.7 Å². The summed E-state index contributed by atoms with van der Waals surface area (Å²) in [6.07, 6.45) is -4.24. The minimum atomic E-state index is -4.53. The average Bonchev–Trinajstić information content (AvgIpc) is 3.42. The molecule has 0 aromatic heterocycles. The number of amides is 4. The molecule has 0 spiro atoms. The third-order valence-electron chi connectivity index (χ3n) is 5.81. The first-order valence-corrected chi connectivity index (χ1v) is 9.75. The number of piperidine rings is 1. The van der Waals surface area contributed by atoms with Gasteiger partial charge >= 0.3 is 12.2 Å². The van der Waals surface area contributed by atoms with Crippen molar-refractivity contribution in [2.24, 2.45) is 11.7 Å².